The monoisotopic (exact) mass is 566 g/mol. The number of rotatable bonds is 7. The minimum Gasteiger partial charge on any atom is -0.456 e. The Labute approximate surface area is 252 Å². The highest BCUT2D eigenvalue weighted by Gasteiger charge is 2.57. The van der Waals surface area contributed by atoms with E-state index in [-0.39, 0.29) is 5.91 Å². The molecule has 5 aromatic rings. The number of hydrogen-bond donors (Lipinski definition) is 2. The molecule has 6 heteroatoms. The van der Waals surface area contributed by atoms with Crippen LogP contribution in [0.4, 0.5) is 22.7 Å². The first-order valence-electron chi connectivity index (χ1n) is 14.8. The Hall–Kier alpha value is -5.23. The molecule has 2 aliphatic rings. The number of fused-ring (bicyclic) bond motifs is 6. The number of hydrogen-bond acceptors (Lipinski definition) is 5. The van der Waals surface area contributed by atoms with Gasteiger partial charge in [0.05, 0.1) is 5.69 Å². The summed E-state index contributed by atoms with van der Waals surface area (Å²) in [5.74, 6) is 1.37. The number of nitrogens with one attached hydrogen (secondary N) is 2. The van der Waals surface area contributed by atoms with E-state index in [1.165, 1.54) is 0 Å². The Balaban J connectivity index is 1.51. The predicted octanol–water partition coefficient (Wildman–Crippen LogP) is 8.47. The molecule has 7 rings (SSSR count). The van der Waals surface area contributed by atoms with E-state index in [2.05, 4.69) is 72.8 Å². The number of ether oxygens (including phenoxy) is 1. The molecule has 0 aliphatic carbocycles. The molecule has 0 bridgehead atoms. The van der Waals surface area contributed by atoms with Gasteiger partial charge in [-0.15, -0.1) is 0 Å². The molecule has 1 unspecified atom stereocenters. The molecule has 2 N–H and O–H groups in total. The molecule has 6 nitrogen and oxygen atoms in total. The van der Waals surface area contributed by atoms with Crippen LogP contribution in [0.25, 0.3) is 0 Å². The molecule has 0 radical (unpaired) electrons. The summed E-state index contributed by atoms with van der Waals surface area (Å²) in [6.07, 6.45) is 0. The minimum atomic E-state index is -0.991. The first-order valence-corrected chi connectivity index (χ1v) is 14.8. The smallest absolute Gasteiger partial charge is 0.274 e. The lowest BCUT2D eigenvalue weighted by molar-refractivity contribution is 0.0724. The summed E-state index contributed by atoms with van der Waals surface area (Å²) in [5.41, 5.74) is 10.8. The van der Waals surface area contributed by atoms with E-state index in [0.717, 1.165) is 69.6 Å². The van der Waals surface area contributed by atoms with Crippen molar-refractivity contribution in [1.29, 1.82) is 0 Å². The first-order chi connectivity index (χ1) is 21.0. The van der Waals surface area contributed by atoms with Gasteiger partial charge in [0.25, 0.3) is 5.91 Å². The van der Waals surface area contributed by atoms with E-state index < -0.39 is 5.54 Å². The molecular formula is C37H34N4O2. The lowest BCUT2D eigenvalue weighted by Crippen LogP contribution is -2.50. The number of para-hydroxylation sites is 2. The van der Waals surface area contributed by atoms with Crippen LogP contribution in [0.2, 0.25) is 0 Å². The molecule has 0 saturated heterocycles. The van der Waals surface area contributed by atoms with Crippen LogP contribution >= 0.6 is 0 Å². The summed E-state index contributed by atoms with van der Waals surface area (Å²) in [6, 6.07) is 38.5. The number of hydrazine groups is 1. The standard InChI is InChI=1S/C37H34N4O2/c1-4-40(5-2)28-20-21-31-35(23-28)43-34-22-25(3)33(38-26-14-8-6-9-15-26)24-32(34)37(31)30-19-13-12-18-29(30)36(42)41(37)39-27-16-10-7-11-17-27/h6-24,38-39H,4-5H2,1-3H3. The van der Waals surface area contributed by atoms with Gasteiger partial charge in [0, 0.05) is 58.5 Å². The maximum atomic E-state index is 14.4. The maximum absolute atomic E-state index is 14.4. The highest BCUT2D eigenvalue weighted by atomic mass is 16.5. The summed E-state index contributed by atoms with van der Waals surface area (Å²) in [5, 5.41) is 5.40. The van der Waals surface area contributed by atoms with E-state index in [0.29, 0.717) is 5.56 Å². The fourth-order valence-electron chi connectivity index (χ4n) is 6.49. The van der Waals surface area contributed by atoms with Crippen molar-refractivity contribution in [3.8, 4) is 11.5 Å². The lowest BCUT2D eigenvalue weighted by Gasteiger charge is -2.44. The number of benzene rings is 5. The van der Waals surface area contributed by atoms with Crippen molar-refractivity contribution in [3.63, 3.8) is 0 Å². The summed E-state index contributed by atoms with van der Waals surface area (Å²) < 4.78 is 6.76. The van der Waals surface area contributed by atoms with Crippen molar-refractivity contribution in [2.75, 3.05) is 28.7 Å². The first kappa shape index (κ1) is 26.7. The average Bonchev–Trinajstić information content (AvgIpc) is 3.27. The molecule has 2 heterocycles. The molecule has 43 heavy (non-hydrogen) atoms. The van der Waals surface area contributed by atoms with Gasteiger partial charge < -0.3 is 15.0 Å². The predicted molar refractivity (Wildman–Crippen MR) is 174 cm³/mol. The highest BCUT2D eigenvalue weighted by molar-refractivity contribution is 6.03. The number of carbonyl (C=O) groups is 1. The van der Waals surface area contributed by atoms with Crippen molar-refractivity contribution in [2.45, 2.75) is 26.3 Å². The van der Waals surface area contributed by atoms with E-state index in [1.807, 2.05) is 78.9 Å². The fourth-order valence-corrected chi connectivity index (χ4v) is 6.49. The van der Waals surface area contributed by atoms with Crippen molar-refractivity contribution in [3.05, 3.63) is 143 Å². The maximum Gasteiger partial charge on any atom is 0.274 e. The second-order valence-corrected chi connectivity index (χ2v) is 11.0. The van der Waals surface area contributed by atoms with Gasteiger partial charge in [-0.05, 0) is 74.9 Å². The Morgan fingerprint density at radius 2 is 1.37 bits per heavy atom. The van der Waals surface area contributed by atoms with Crippen LogP contribution in [0.3, 0.4) is 0 Å². The van der Waals surface area contributed by atoms with E-state index >= 15 is 0 Å². The molecule has 5 aromatic carbocycles. The van der Waals surface area contributed by atoms with Gasteiger partial charge in [-0.3, -0.25) is 10.2 Å². The van der Waals surface area contributed by atoms with Crippen LogP contribution in [-0.2, 0) is 5.54 Å². The SMILES string of the molecule is CCN(CC)c1ccc2c(c1)Oc1cc(C)c(Nc3ccccc3)cc1C21c2ccccc2C(=O)N1Nc1ccccc1. The zero-order valence-corrected chi connectivity index (χ0v) is 24.6. The van der Waals surface area contributed by atoms with E-state index in [4.69, 9.17) is 4.74 Å². The third-order valence-electron chi connectivity index (χ3n) is 8.57. The van der Waals surface area contributed by atoms with Crippen molar-refractivity contribution in [2.24, 2.45) is 0 Å². The fraction of sp³-hybridized carbons (Fsp3) is 0.162. The summed E-state index contributed by atoms with van der Waals surface area (Å²) in [6.45, 7) is 8.16. The topological polar surface area (TPSA) is 56.8 Å². The van der Waals surface area contributed by atoms with Gasteiger partial charge in [-0.1, -0.05) is 60.7 Å². The molecule has 2 aliphatic heterocycles. The Morgan fingerprint density at radius 1 is 0.721 bits per heavy atom. The summed E-state index contributed by atoms with van der Waals surface area (Å²) in [4.78, 5) is 16.7. The van der Waals surface area contributed by atoms with Crippen LogP contribution in [0.1, 0.15) is 46.5 Å². The third-order valence-corrected chi connectivity index (χ3v) is 8.57. The second kappa shape index (κ2) is 10.6. The molecule has 0 aromatic heterocycles. The van der Waals surface area contributed by atoms with Gasteiger partial charge in [0.1, 0.15) is 17.0 Å². The largest absolute Gasteiger partial charge is 0.456 e. The highest BCUT2D eigenvalue weighted by Crippen LogP contribution is 2.58. The van der Waals surface area contributed by atoms with E-state index in [9.17, 15) is 4.79 Å². The Bertz CT molecular complexity index is 1820. The molecule has 0 saturated carbocycles. The van der Waals surface area contributed by atoms with Crippen LogP contribution in [0.15, 0.2) is 115 Å². The van der Waals surface area contributed by atoms with Gasteiger partial charge in [-0.2, -0.15) is 0 Å². The molecule has 1 amide bonds. The third kappa shape index (κ3) is 4.21. The van der Waals surface area contributed by atoms with Crippen LogP contribution < -0.4 is 20.4 Å². The molecule has 1 spiro atoms. The van der Waals surface area contributed by atoms with Crippen molar-refractivity contribution in [1.82, 2.24) is 5.01 Å². The number of aryl methyl sites for hydroxylation is 1. The van der Waals surface area contributed by atoms with Crippen molar-refractivity contribution < 1.29 is 9.53 Å². The van der Waals surface area contributed by atoms with Crippen LogP contribution in [0.5, 0.6) is 11.5 Å². The molecule has 214 valence electrons. The van der Waals surface area contributed by atoms with Gasteiger partial charge in [-0.25, -0.2) is 5.01 Å². The number of carbonyl (C=O) groups excluding carboxylic acids is 1. The molecule has 1 atom stereocenters. The van der Waals surface area contributed by atoms with Crippen LogP contribution in [0, 0.1) is 6.92 Å². The number of amides is 1. The van der Waals surface area contributed by atoms with Gasteiger partial charge >= 0.3 is 0 Å². The normalized spacial score (nSPS) is 16.3. The zero-order valence-electron chi connectivity index (χ0n) is 24.6. The number of anilines is 4. The minimum absolute atomic E-state index is 0.0933. The molecule has 0 fully saturated rings. The Kier molecular flexibility index (Phi) is 6.54. The zero-order chi connectivity index (χ0) is 29.6. The lowest BCUT2D eigenvalue weighted by atomic mass is 9.75. The average molecular weight is 567 g/mol. The molecular weight excluding hydrogens is 532 g/mol. The number of nitrogens with zero attached hydrogens (tertiary/aromatic N) is 2. The van der Waals surface area contributed by atoms with E-state index in [1.54, 1.807) is 5.01 Å². The van der Waals surface area contributed by atoms with Gasteiger partial charge in [0.15, 0.2) is 0 Å². The second-order valence-electron chi connectivity index (χ2n) is 11.0. The Morgan fingerprint density at radius 3 is 2.09 bits per heavy atom. The quantitative estimate of drug-likeness (QED) is 0.207. The summed E-state index contributed by atoms with van der Waals surface area (Å²) in [7, 11) is 0. The van der Waals surface area contributed by atoms with Crippen LogP contribution in [-0.4, -0.2) is 24.0 Å². The summed E-state index contributed by atoms with van der Waals surface area (Å²) >= 11 is 0. The van der Waals surface area contributed by atoms with Crippen molar-refractivity contribution >= 4 is 28.7 Å². The van der Waals surface area contributed by atoms with Gasteiger partial charge in [0.2, 0.25) is 0 Å².